The number of aryl methyl sites for hydroxylation is 1. The molecule has 0 amide bonds. The maximum absolute atomic E-state index is 12.5. The van der Waals surface area contributed by atoms with Gasteiger partial charge in [0.25, 0.3) is 0 Å². The second-order valence-corrected chi connectivity index (χ2v) is 8.43. The van der Waals surface area contributed by atoms with Gasteiger partial charge in [0.15, 0.2) is 0 Å². The van der Waals surface area contributed by atoms with Crippen molar-refractivity contribution in [2.45, 2.75) is 63.9 Å². The van der Waals surface area contributed by atoms with Crippen LogP contribution in [0.1, 0.15) is 51.2 Å². The third kappa shape index (κ3) is 3.84. The first kappa shape index (κ1) is 16.5. The summed E-state index contributed by atoms with van der Waals surface area (Å²) in [6, 6.07) is 5.30. The molecular weight excluding hydrogens is 284 g/mol. The molecule has 118 valence electrons. The number of benzene rings is 1. The van der Waals surface area contributed by atoms with Gasteiger partial charge in [0.2, 0.25) is 10.0 Å². The number of sulfonamides is 1. The van der Waals surface area contributed by atoms with Crippen LogP contribution in [-0.2, 0) is 23.0 Å². The third-order valence-electron chi connectivity index (χ3n) is 4.38. The van der Waals surface area contributed by atoms with Gasteiger partial charge in [-0.05, 0) is 54.4 Å². The summed E-state index contributed by atoms with van der Waals surface area (Å²) < 4.78 is 27.9. The SMILES string of the molecule is CCc1ccc(S(=O)(=O)NC2CCC(C)(C)C2)cc1CN. The summed E-state index contributed by atoms with van der Waals surface area (Å²) in [5.41, 5.74) is 7.97. The molecule has 2 rings (SSSR count). The first-order valence-corrected chi connectivity index (χ1v) is 9.10. The van der Waals surface area contributed by atoms with E-state index in [4.69, 9.17) is 5.73 Å². The van der Waals surface area contributed by atoms with Crippen LogP contribution in [0.2, 0.25) is 0 Å². The molecule has 1 unspecified atom stereocenters. The van der Waals surface area contributed by atoms with Gasteiger partial charge >= 0.3 is 0 Å². The van der Waals surface area contributed by atoms with E-state index in [9.17, 15) is 8.42 Å². The van der Waals surface area contributed by atoms with Crippen molar-refractivity contribution >= 4 is 10.0 Å². The highest BCUT2D eigenvalue weighted by molar-refractivity contribution is 7.89. The summed E-state index contributed by atoms with van der Waals surface area (Å²) in [6.07, 6.45) is 3.71. The zero-order valence-corrected chi connectivity index (χ0v) is 14.0. The van der Waals surface area contributed by atoms with Crippen molar-refractivity contribution < 1.29 is 8.42 Å². The van der Waals surface area contributed by atoms with E-state index in [1.807, 2.05) is 13.0 Å². The average molecular weight is 310 g/mol. The molecule has 0 radical (unpaired) electrons. The molecule has 0 aliphatic heterocycles. The highest BCUT2D eigenvalue weighted by Gasteiger charge is 2.33. The van der Waals surface area contributed by atoms with E-state index in [0.717, 1.165) is 36.8 Å². The minimum absolute atomic E-state index is 0.0391. The molecule has 21 heavy (non-hydrogen) atoms. The van der Waals surface area contributed by atoms with Crippen molar-refractivity contribution in [3.63, 3.8) is 0 Å². The summed E-state index contributed by atoms with van der Waals surface area (Å²) in [5, 5.41) is 0. The van der Waals surface area contributed by atoms with Crippen molar-refractivity contribution in [1.82, 2.24) is 4.72 Å². The van der Waals surface area contributed by atoms with Gasteiger partial charge in [0, 0.05) is 12.6 Å². The van der Waals surface area contributed by atoms with Crippen LogP contribution in [-0.4, -0.2) is 14.5 Å². The normalized spacial score (nSPS) is 21.6. The molecule has 0 saturated heterocycles. The lowest BCUT2D eigenvalue weighted by Gasteiger charge is -2.18. The van der Waals surface area contributed by atoms with E-state index in [2.05, 4.69) is 18.6 Å². The Balaban J connectivity index is 2.20. The highest BCUT2D eigenvalue weighted by Crippen LogP contribution is 2.37. The zero-order chi connectivity index (χ0) is 15.7. The Kier molecular flexibility index (Phi) is 4.76. The monoisotopic (exact) mass is 310 g/mol. The molecule has 1 aromatic rings. The molecular formula is C16H26N2O2S. The first-order valence-electron chi connectivity index (χ1n) is 7.61. The van der Waals surface area contributed by atoms with Gasteiger partial charge < -0.3 is 5.73 Å². The largest absolute Gasteiger partial charge is 0.326 e. The molecule has 1 aromatic carbocycles. The van der Waals surface area contributed by atoms with Crippen LogP contribution in [0.15, 0.2) is 23.1 Å². The lowest BCUT2D eigenvalue weighted by molar-refractivity contribution is 0.372. The molecule has 1 aliphatic rings. The molecule has 4 nitrogen and oxygen atoms in total. The minimum Gasteiger partial charge on any atom is -0.326 e. The van der Waals surface area contributed by atoms with E-state index >= 15 is 0 Å². The summed E-state index contributed by atoms with van der Waals surface area (Å²) in [5.74, 6) is 0. The molecule has 1 saturated carbocycles. The number of hydrogen-bond acceptors (Lipinski definition) is 3. The van der Waals surface area contributed by atoms with Gasteiger partial charge in [-0.3, -0.25) is 0 Å². The van der Waals surface area contributed by atoms with Crippen molar-refractivity contribution in [3.8, 4) is 0 Å². The van der Waals surface area contributed by atoms with Gasteiger partial charge in [-0.2, -0.15) is 0 Å². The Morgan fingerprint density at radius 3 is 2.57 bits per heavy atom. The van der Waals surface area contributed by atoms with Gasteiger partial charge in [-0.15, -0.1) is 0 Å². The standard InChI is InChI=1S/C16H26N2O2S/c1-4-12-5-6-15(9-13(12)11-17)21(19,20)18-14-7-8-16(2,3)10-14/h5-6,9,14,18H,4,7-8,10-11,17H2,1-3H3. The lowest BCUT2D eigenvalue weighted by Crippen LogP contribution is -2.33. The van der Waals surface area contributed by atoms with Crippen molar-refractivity contribution in [3.05, 3.63) is 29.3 Å². The van der Waals surface area contributed by atoms with Gasteiger partial charge in [-0.1, -0.05) is 26.8 Å². The third-order valence-corrected chi connectivity index (χ3v) is 5.90. The van der Waals surface area contributed by atoms with Gasteiger partial charge in [0.05, 0.1) is 4.90 Å². The number of rotatable bonds is 5. The summed E-state index contributed by atoms with van der Waals surface area (Å²) >= 11 is 0. The zero-order valence-electron chi connectivity index (χ0n) is 13.1. The van der Waals surface area contributed by atoms with E-state index in [1.165, 1.54) is 0 Å². The van der Waals surface area contributed by atoms with Crippen LogP contribution in [0.4, 0.5) is 0 Å². The molecule has 0 aromatic heterocycles. The lowest BCUT2D eigenvalue weighted by atomic mass is 9.92. The highest BCUT2D eigenvalue weighted by atomic mass is 32.2. The predicted molar refractivity (Wildman–Crippen MR) is 85.5 cm³/mol. The van der Waals surface area contributed by atoms with E-state index < -0.39 is 10.0 Å². The molecule has 3 N–H and O–H groups in total. The van der Waals surface area contributed by atoms with E-state index in [0.29, 0.717) is 11.4 Å². The Morgan fingerprint density at radius 2 is 2.05 bits per heavy atom. The number of hydrogen-bond donors (Lipinski definition) is 2. The minimum atomic E-state index is -3.46. The van der Waals surface area contributed by atoms with Crippen molar-refractivity contribution in [2.75, 3.05) is 0 Å². The Morgan fingerprint density at radius 1 is 1.33 bits per heavy atom. The number of nitrogens with one attached hydrogen (secondary N) is 1. The predicted octanol–water partition coefficient (Wildman–Crippen LogP) is 2.56. The molecule has 0 spiro atoms. The van der Waals surface area contributed by atoms with Gasteiger partial charge in [0.1, 0.15) is 0 Å². The molecule has 0 heterocycles. The van der Waals surface area contributed by atoms with Crippen LogP contribution in [0.3, 0.4) is 0 Å². The van der Waals surface area contributed by atoms with Crippen LogP contribution >= 0.6 is 0 Å². The second-order valence-electron chi connectivity index (χ2n) is 6.71. The maximum Gasteiger partial charge on any atom is 0.240 e. The van der Waals surface area contributed by atoms with Crippen LogP contribution in [0.5, 0.6) is 0 Å². The Bertz CT molecular complexity index is 609. The molecule has 1 aliphatic carbocycles. The van der Waals surface area contributed by atoms with E-state index in [1.54, 1.807) is 12.1 Å². The Labute approximate surface area is 128 Å². The fourth-order valence-electron chi connectivity index (χ4n) is 3.13. The summed E-state index contributed by atoms with van der Waals surface area (Å²) in [4.78, 5) is 0.324. The summed E-state index contributed by atoms with van der Waals surface area (Å²) in [7, 11) is -3.46. The quantitative estimate of drug-likeness (QED) is 0.878. The smallest absolute Gasteiger partial charge is 0.240 e. The maximum atomic E-state index is 12.5. The topological polar surface area (TPSA) is 72.2 Å². The second kappa shape index (κ2) is 6.07. The Hall–Kier alpha value is -0.910. The molecule has 0 bridgehead atoms. The number of nitrogens with two attached hydrogens (primary N) is 1. The molecule has 1 fully saturated rings. The van der Waals surface area contributed by atoms with Crippen LogP contribution in [0, 0.1) is 5.41 Å². The molecule has 5 heteroatoms. The first-order chi connectivity index (χ1) is 9.77. The van der Waals surface area contributed by atoms with Crippen molar-refractivity contribution in [1.29, 1.82) is 0 Å². The molecule has 1 atom stereocenters. The average Bonchev–Trinajstić information content (AvgIpc) is 2.76. The van der Waals surface area contributed by atoms with Crippen LogP contribution < -0.4 is 10.5 Å². The van der Waals surface area contributed by atoms with E-state index in [-0.39, 0.29) is 11.5 Å². The van der Waals surface area contributed by atoms with Crippen molar-refractivity contribution in [2.24, 2.45) is 11.1 Å². The summed E-state index contributed by atoms with van der Waals surface area (Å²) in [6.45, 7) is 6.78. The fraction of sp³-hybridized carbons (Fsp3) is 0.625. The van der Waals surface area contributed by atoms with Gasteiger partial charge in [-0.25, -0.2) is 13.1 Å². The van der Waals surface area contributed by atoms with Crippen LogP contribution in [0.25, 0.3) is 0 Å². The fourth-order valence-corrected chi connectivity index (χ4v) is 4.45.